The highest BCUT2D eigenvalue weighted by Gasteiger charge is 2.29. The highest BCUT2D eigenvalue weighted by atomic mass is 79.9. The summed E-state index contributed by atoms with van der Waals surface area (Å²) in [5.41, 5.74) is 1.23. The van der Waals surface area contributed by atoms with E-state index < -0.39 is 0 Å². The van der Waals surface area contributed by atoms with Gasteiger partial charge in [-0.15, -0.1) is 0 Å². The van der Waals surface area contributed by atoms with Crippen LogP contribution in [0.3, 0.4) is 0 Å². The summed E-state index contributed by atoms with van der Waals surface area (Å²) in [5, 5.41) is 0. The van der Waals surface area contributed by atoms with Crippen molar-refractivity contribution in [3.05, 3.63) is 40.5 Å². The molecule has 0 saturated carbocycles. The maximum Gasteiger partial charge on any atom is 0.131 e. The first-order valence-electron chi connectivity index (χ1n) is 7.42. The Morgan fingerprint density at radius 1 is 1.33 bits per heavy atom. The van der Waals surface area contributed by atoms with Crippen molar-refractivity contribution in [1.29, 1.82) is 0 Å². The van der Waals surface area contributed by atoms with Gasteiger partial charge in [0.2, 0.25) is 0 Å². The number of imidazole rings is 1. The topological polar surface area (TPSA) is 34.0 Å². The lowest BCUT2D eigenvalue weighted by Crippen LogP contribution is -2.49. The van der Waals surface area contributed by atoms with Gasteiger partial charge in [0.15, 0.2) is 0 Å². The first-order valence-corrected chi connectivity index (χ1v) is 8.22. The molecule has 0 aromatic carbocycles. The van der Waals surface area contributed by atoms with Gasteiger partial charge in [-0.05, 0) is 34.5 Å². The van der Waals surface area contributed by atoms with Gasteiger partial charge in [0, 0.05) is 54.5 Å². The molecule has 0 bridgehead atoms. The second-order valence-corrected chi connectivity index (χ2v) is 7.07. The average molecular weight is 349 g/mol. The SMILES string of the molecule is Cc1cc(Br)cnc1N1CC(Cn2ccnc2C(C)C)C1. The number of aromatic nitrogens is 3. The van der Waals surface area contributed by atoms with Gasteiger partial charge in [0.25, 0.3) is 0 Å². The second kappa shape index (κ2) is 5.79. The van der Waals surface area contributed by atoms with Gasteiger partial charge >= 0.3 is 0 Å². The van der Waals surface area contributed by atoms with Crippen molar-refractivity contribution in [2.45, 2.75) is 33.2 Å². The Hall–Kier alpha value is -1.36. The third-order valence-corrected chi connectivity index (χ3v) is 4.43. The molecule has 1 aliphatic heterocycles. The minimum Gasteiger partial charge on any atom is -0.356 e. The number of aryl methyl sites for hydroxylation is 1. The molecule has 5 heteroatoms. The summed E-state index contributed by atoms with van der Waals surface area (Å²) in [4.78, 5) is 11.4. The predicted octanol–water partition coefficient (Wildman–Crippen LogP) is 3.61. The van der Waals surface area contributed by atoms with Crippen molar-refractivity contribution in [3.63, 3.8) is 0 Å². The molecule has 0 spiro atoms. The zero-order valence-electron chi connectivity index (χ0n) is 12.8. The van der Waals surface area contributed by atoms with Gasteiger partial charge < -0.3 is 9.47 Å². The van der Waals surface area contributed by atoms with E-state index in [0.29, 0.717) is 11.8 Å². The van der Waals surface area contributed by atoms with Crippen LogP contribution in [0.15, 0.2) is 29.1 Å². The molecule has 1 fully saturated rings. The number of hydrogen-bond acceptors (Lipinski definition) is 3. The van der Waals surface area contributed by atoms with Crippen LogP contribution >= 0.6 is 15.9 Å². The maximum atomic E-state index is 4.54. The number of halogens is 1. The number of nitrogens with zero attached hydrogens (tertiary/aromatic N) is 4. The van der Waals surface area contributed by atoms with Crippen LogP contribution in [0, 0.1) is 12.8 Å². The zero-order valence-corrected chi connectivity index (χ0v) is 14.3. The maximum absolute atomic E-state index is 4.54. The fourth-order valence-corrected chi connectivity index (χ4v) is 3.42. The molecular weight excluding hydrogens is 328 g/mol. The van der Waals surface area contributed by atoms with Crippen LogP contribution < -0.4 is 4.90 Å². The Morgan fingerprint density at radius 2 is 2.10 bits per heavy atom. The third-order valence-electron chi connectivity index (χ3n) is 3.99. The molecule has 112 valence electrons. The van der Waals surface area contributed by atoms with Crippen molar-refractivity contribution in [2.24, 2.45) is 5.92 Å². The molecule has 0 atom stereocenters. The van der Waals surface area contributed by atoms with Crippen LogP contribution in [0.4, 0.5) is 5.82 Å². The Bertz CT molecular complexity index is 629. The van der Waals surface area contributed by atoms with Crippen LogP contribution in [0.5, 0.6) is 0 Å². The number of hydrogen-bond donors (Lipinski definition) is 0. The summed E-state index contributed by atoms with van der Waals surface area (Å²) in [7, 11) is 0. The first-order chi connectivity index (χ1) is 10.0. The van der Waals surface area contributed by atoms with E-state index >= 15 is 0 Å². The second-order valence-electron chi connectivity index (χ2n) is 6.16. The summed E-state index contributed by atoms with van der Waals surface area (Å²) in [6.07, 6.45) is 5.88. The van der Waals surface area contributed by atoms with Crippen molar-refractivity contribution in [1.82, 2.24) is 14.5 Å². The molecule has 3 rings (SSSR count). The zero-order chi connectivity index (χ0) is 15.0. The highest BCUT2D eigenvalue weighted by molar-refractivity contribution is 9.10. The lowest BCUT2D eigenvalue weighted by atomic mass is 9.99. The lowest BCUT2D eigenvalue weighted by molar-refractivity contribution is 0.348. The molecule has 4 nitrogen and oxygen atoms in total. The molecule has 0 N–H and O–H groups in total. The summed E-state index contributed by atoms with van der Waals surface area (Å²) < 4.78 is 3.34. The Balaban J connectivity index is 1.62. The van der Waals surface area contributed by atoms with E-state index in [-0.39, 0.29) is 0 Å². The fraction of sp³-hybridized carbons (Fsp3) is 0.500. The van der Waals surface area contributed by atoms with Crippen LogP contribution in [-0.2, 0) is 6.54 Å². The van der Waals surface area contributed by atoms with E-state index in [1.807, 2.05) is 12.4 Å². The van der Waals surface area contributed by atoms with E-state index in [0.717, 1.165) is 29.9 Å². The van der Waals surface area contributed by atoms with Gasteiger partial charge in [0.05, 0.1) is 0 Å². The molecule has 0 aliphatic carbocycles. The molecular formula is C16H21BrN4. The van der Waals surface area contributed by atoms with E-state index in [4.69, 9.17) is 0 Å². The smallest absolute Gasteiger partial charge is 0.131 e. The highest BCUT2D eigenvalue weighted by Crippen LogP contribution is 2.28. The van der Waals surface area contributed by atoms with E-state index in [9.17, 15) is 0 Å². The fourth-order valence-electron chi connectivity index (χ4n) is 2.98. The summed E-state index contributed by atoms with van der Waals surface area (Å²) in [5.74, 6) is 3.46. The van der Waals surface area contributed by atoms with E-state index in [2.05, 4.69) is 68.4 Å². The Morgan fingerprint density at radius 3 is 2.76 bits per heavy atom. The monoisotopic (exact) mass is 348 g/mol. The first kappa shape index (κ1) is 14.6. The molecule has 0 amide bonds. The van der Waals surface area contributed by atoms with Crippen LogP contribution in [0.1, 0.15) is 31.2 Å². The van der Waals surface area contributed by atoms with Gasteiger partial charge in [0.1, 0.15) is 11.6 Å². The van der Waals surface area contributed by atoms with E-state index in [1.54, 1.807) is 0 Å². The average Bonchev–Trinajstić information content (AvgIpc) is 2.82. The molecule has 1 aliphatic rings. The van der Waals surface area contributed by atoms with Crippen molar-refractivity contribution >= 4 is 21.7 Å². The molecule has 1 saturated heterocycles. The molecule has 0 unspecified atom stereocenters. The molecule has 2 aromatic rings. The van der Waals surface area contributed by atoms with Gasteiger partial charge in [-0.3, -0.25) is 0 Å². The minimum atomic E-state index is 0.478. The summed E-state index contributed by atoms with van der Waals surface area (Å²) >= 11 is 3.47. The van der Waals surface area contributed by atoms with Gasteiger partial charge in [-0.25, -0.2) is 9.97 Å². The molecule has 2 aromatic heterocycles. The van der Waals surface area contributed by atoms with Crippen molar-refractivity contribution < 1.29 is 0 Å². The van der Waals surface area contributed by atoms with Crippen molar-refractivity contribution in [3.8, 4) is 0 Å². The lowest BCUT2D eigenvalue weighted by Gasteiger charge is -2.41. The standard InChI is InChI=1S/C16H21BrN4/c1-11(2)15-18-4-5-20(15)8-13-9-21(10-13)16-12(3)6-14(17)7-19-16/h4-7,11,13H,8-10H2,1-3H3. The van der Waals surface area contributed by atoms with Crippen LogP contribution in [0.25, 0.3) is 0 Å². The molecule has 21 heavy (non-hydrogen) atoms. The number of rotatable bonds is 4. The van der Waals surface area contributed by atoms with E-state index in [1.165, 1.54) is 11.4 Å². The quantitative estimate of drug-likeness (QED) is 0.846. The molecule has 3 heterocycles. The van der Waals surface area contributed by atoms with Crippen molar-refractivity contribution in [2.75, 3.05) is 18.0 Å². The number of anilines is 1. The Kier molecular flexibility index (Phi) is 4.02. The summed E-state index contributed by atoms with van der Waals surface area (Å²) in [6.45, 7) is 9.71. The predicted molar refractivity (Wildman–Crippen MR) is 88.7 cm³/mol. The van der Waals surface area contributed by atoms with Gasteiger partial charge in [-0.2, -0.15) is 0 Å². The third kappa shape index (κ3) is 2.98. The normalized spacial score (nSPS) is 15.6. The van der Waals surface area contributed by atoms with Crippen LogP contribution in [-0.4, -0.2) is 27.6 Å². The number of pyridine rings is 1. The van der Waals surface area contributed by atoms with Crippen LogP contribution in [0.2, 0.25) is 0 Å². The summed E-state index contributed by atoms with van der Waals surface area (Å²) in [6, 6.07) is 2.13. The van der Waals surface area contributed by atoms with Gasteiger partial charge in [-0.1, -0.05) is 13.8 Å². The largest absolute Gasteiger partial charge is 0.356 e. The molecule has 0 radical (unpaired) electrons. The minimum absolute atomic E-state index is 0.478. The Labute approximate surface area is 134 Å².